The minimum Gasteiger partial charge on any atom is -0.494 e. The molecule has 0 aromatic heterocycles. The SMILES string of the molecule is COC(=O)CCCCCNC(=O)[C@@H]1Cc2ccc(cc2)OCCCC[C@@H](C(=O)O)[C@@H](CC(C)C)C(=O)N1. The maximum atomic E-state index is 13.5. The molecule has 2 bridgehead atoms. The number of carboxylic acid groups (broad SMARTS) is 1. The summed E-state index contributed by atoms with van der Waals surface area (Å²) in [5, 5.41) is 15.7. The molecule has 3 N–H and O–H groups in total. The van der Waals surface area contributed by atoms with E-state index < -0.39 is 29.8 Å². The van der Waals surface area contributed by atoms with Gasteiger partial charge in [0.1, 0.15) is 11.8 Å². The molecule has 1 aromatic carbocycles. The van der Waals surface area contributed by atoms with Crippen molar-refractivity contribution in [3.05, 3.63) is 29.8 Å². The first-order valence-electron chi connectivity index (χ1n) is 13.3. The molecule has 9 heteroatoms. The van der Waals surface area contributed by atoms with Crippen LogP contribution in [0.2, 0.25) is 0 Å². The first-order chi connectivity index (χ1) is 17.7. The molecule has 0 saturated carbocycles. The number of esters is 1. The van der Waals surface area contributed by atoms with E-state index in [9.17, 15) is 24.3 Å². The number of aliphatic carboxylic acids is 1. The third kappa shape index (κ3) is 10.8. The van der Waals surface area contributed by atoms with Crippen LogP contribution < -0.4 is 15.4 Å². The van der Waals surface area contributed by atoms with E-state index in [0.717, 1.165) is 12.0 Å². The molecule has 0 radical (unpaired) electrons. The number of nitrogens with one attached hydrogen (secondary N) is 2. The predicted molar refractivity (Wildman–Crippen MR) is 139 cm³/mol. The number of benzene rings is 1. The fraction of sp³-hybridized carbons (Fsp3) is 0.643. The molecule has 0 saturated heterocycles. The van der Waals surface area contributed by atoms with Crippen molar-refractivity contribution >= 4 is 23.8 Å². The van der Waals surface area contributed by atoms with Gasteiger partial charge in [-0.1, -0.05) is 32.4 Å². The normalized spacial score (nSPS) is 20.8. The maximum absolute atomic E-state index is 13.5. The second-order valence-electron chi connectivity index (χ2n) is 10.1. The van der Waals surface area contributed by atoms with E-state index in [1.54, 1.807) is 0 Å². The fourth-order valence-electron chi connectivity index (χ4n) is 4.57. The molecule has 2 heterocycles. The molecule has 37 heavy (non-hydrogen) atoms. The average Bonchev–Trinajstić information content (AvgIpc) is 2.87. The number of amides is 2. The Hall–Kier alpha value is -3.10. The van der Waals surface area contributed by atoms with E-state index in [-0.39, 0.29) is 24.2 Å². The van der Waals surface area contributed by atoms with Crippen molar-refractivity contribution in [1.82, 2.24) is 10.6 Å². The van der Waals surface area contributed by atoms with Crippen LogP contribution in [-0.4, -0.2) is 55.2 Å². The first-order valence-corrected chi connectivity index (χ1v) is 13.3. The molecule has 2 aliphatic heterocycles. The zero-order valence-electron chi connectivity index (χ0n) is 22.3. The quantitative estimate of drug-likeness (QED) is 0.319. The monoisotopic (exact) mass is 518 g/mol. The third-order valence-electron chi connectivity index (χ3n) is 6.62. The fourth-order valence-corrected chi connectivity index (χ4v) is 4.57. The summed E-state index contributed by atoms with van der Waals surface area (Å²) in [6.45, 7) is 4.80. The molecule has 9 nitrogen and oxygen atoms in total. The van der Waals surface area contributed by atoms with Crippen molar-refractivity contribution in [2.24, 2.45) is 17.8 Å². The summed E-state index contributed by atoms with van der Waals surface area (Å²) in [4.78, 5) is 50.0. The zero-order chi connectivity index (χ0) is 27.2. The minimum absolute atomic E-state index is 0.118. The van der Waals surface area contributed by atoms with E-state index in [1.807, 2.05) is 38.1 Å². The van der Waals surface area contributed by atoms with Crippen LogP contribution in [0.1, 0.15) is 70.8 Å². The Bertz CT molecular complexity index is 885. The molecule has 0 spiro atoms. The number of hydrogen-bond acceptors (Lipinski definition) is 6. The van der Waals surface area contributed by atoms with E-state index >= 15 is 0 Å². The number of fused-ring (bicyclic) bond motifs is 12. The van der Waals surface area contributed by atoms with E-state index in [1.165, 1.54) is 7.11 Å². The molecular formula is C28H42N2O7. The molecule has 0 fully saturated rings. The molecule has 3 atom stereocenters. The van der Waals surface area contributed by atoms with Crippen LogP contribution in [0, 0.1) is 17.8 Å². The summed E-state index contributed by atoms with van der Waals surface area (Å²) < 4.78 is 10.4. The standard InChI is InChI=1S/C28H42N2O7/c1-19(2)17-23-22(28(34)35)9-6-8-16-37-21-13-11-20(12-14-21)18-24(30-26(23)32)27(33)29-15-7-4-5-10-25(31)36-3/h11-14,19,22-24H,4-10,15-18H2,1-3H3,(H,29,33)(H,30,32)(H,34,35)/t22-,23-,24+/m1/s1. The van der Waals surface area contributed by atoms with E-state index in [4.69, 9.17) is 4.74 Å². The Morgan fingerprint density at radius 3 is 2.51 bits per heavy atom. The van der Waals surface area contributed by atoms with Gasteiger partial charge in [-0.3, -0.25) is 19.2 Å². The van der Waals surface area contributed by atoms with Gasteiger partial charge in [0.05, 0.1) is 25.6 Å². The lowest BCUT2D eigenvalue weighted by atomic mass is 9.81. The van der Waals surface area contributed by atoms with Crippen molar-refractivity contribution in [2.45, 2.75) is 77.7 Å². The van der Waals surface area contributed by atoms with Gasteiger partial charge in [0.25, 0.3) is 0 Å². The van der Waals surface area contributed by atoms with Gasteiger partial charge in [-0.2, -0.15) is 0 Å². The largest absolute Gasteiger partial charge is 0.494 e. The van der Waals surface area contributed by atoms with Crippen LogP contribution in [0.15, 0.2) is 24.3 Å². The Balaban J connectivity index is 2.17. The Morgan fingerprint density at radius 2 is 1.86 bits per heavy atom. The highest BCUT2D eigenvalue weighted by Gasteiger charge is 2.35. The number of carbonyl (C=O) groups is 4. The van der Waals surface area contributed by atoms with Gasteiger partial charge < -0.3 is 25.2 Å². The highest BCUT2D eigenvalue weighted by molar-refractivity contribution is 5.90. The first kappa shape index (κ1) is 30.1. The smallest absolute Gasteiger partial charge is 0.307 e. The molecule has 2 aliphatic rings. The van der Waals surface area contributed by atoms with Gasteiger partial charge in [0.2, 0.25) is 11.8 Å². The van der Waals surface area contributed by atoms with Crippen LogP contribution >= 0.6 is 0 Å². The lowest BCUT2D eigenvalue weighted by molar-refractivity contribution is -0.148. The predicted octanol–water partition coefficient (Wildman–Crippen LogP) is 3.49. The van der Waals surface area contributed by atoms with E-state index in [2.05, 4.69) is 15.4 Å². The number of rotatable bonds is 10. The number of carbonyl (C=O) groups excluding carboxylic acids is 3. The van der Waals surface area contributed by atoms with Gasteiger partial charge in [0.15, 0.2) is 0 Å². The van der Waals surface area contributed by atoms with Crippen LogP contribution in [0.5, 0.6) is 5.75 Å². The van der Waals surface area contributed by atoms with Gasteiger partial charge in [0, 0.05) is 19.4 Å². The number of carboxylic acids is 1. The molecule has 2 amide bonds. The van der Waals surface area contributed by atoms with Gasteiger partial charge in [-0.15, -0.1) is 0 Å². The summed E-state index contributed by atoms with van der Waals surface area (Å²) in [7, 11) is 1.36. The molecule has 206 valence electrons. The van der Waals surface area contributed by atoms with Crippen molar-refractivity contribution < 1.29 is 33.8 Å². The molecular weight excluding hydrogens is 476 g/mol. The van der Waals surface area contributed by atoms with Gasteiger partial charge >= 0.3 is 11.9 Å². The highest BCUT2D eigenvalue weighted by atomic mass is 16.5. The minimum atomic E-state index is -0.994. The summed E-state index contributed by atoms with van der Waals surface area (Å²) in [6.07, 6.45) is 4.81. The zero-order valence-corrected chi connectivity index (χ0v) is 22.3. The van der Waals surface area contributed by atoms with Crippen molar-refractivity contribution in [1.29, 1.82) is 0 Å². The maximum Gasteiger partial charge on any atom is 0.307 e. The number of methoxy groups -OCH3 is 1. The Kier molecular flexibility index (Phi) is 12.9. The van der Waals surface area contributed by atoms with E-state index in [0.29, 0.717) is 63.8 Å². The van der Waals surface area contributed by atoms with Crippen LogP contribution in [0.4, 0.5) is 0 Å². The molecule has 1 aromatic rings. The topological polar surface area (TPSA) is 131 Å². The highest BCUT2D eigenvalue weighted by Crippen LogP contribution is 2.27. The van der Waals surface area contributed by atoms with Crippen LogP contribution in [0.25, 0.3) is 0 Å². The summed E-state index contributed by atoms with van der Waals surface area (Å²) >= 11 is 0. The van der Waals surface area contributed by atoms with Crippen molar-refractivity contribution in [3.63, 3.8) is 0 Å². The lowest BCUT2D eigenvalue weighted by Gasteiger charge is -2.27. The Morgan fingerprint density at radius 1 is 1.14 bits per heavy atom. The third-order valence-corrected chi connectivity index (χ3v) is 6.62. The number of hydrogen-bond donors (Lipinski definition) is 3. The molecule has 0 aliphatic carbocycles. The van der Waals surface area contributed by atoms with Crippen molar-refractivity contribution in [3.8, 4) is 5.75 Å². The number of ether oxygens (including phenoxy) is 2. The second-order valence-corrected chi connectivity index (χ2v) is 10.1. The van der Waals surface area contributed by atoms with Crippen LogP contribution in [0.3, 0.4) is 0 Å². The lowest BCUT2D eigenvalue weighted by Crippen LogP contribution is -2.51. The average molecular weight is 519 g/mol. The van der Waals surface area contributed by atoms with Gasteiger partial charge in [-0.05, 0) is 62.1 Å². The summed E-state index contributed by atoms with van der Waals surface area (Å²) in [5.41, 5.74) is 0.857. The summed E-state index contributed by atoms with van der Waals surface area (Å²) in [6, 6.07) is 6.59. The second kappa shape index (κ2) is 15.9. The summed E-state index contributed by atoms with van der Waals surface area (Å²) in [5.74, 6) is -2.71. The molecule has 0 unspecified atom stereocenters. The number of unbranched alkanes of at least 4 members (excludes halogenated alkanes) is 2. The van der Waals surface area contributed by atoms with Crippen LogP contribution in [-0.2, 0) is 30.3 Å². The Labute approximate surface area is 219 Å². The van der Waals surface area contributed by atoms with Gasteiger partial charge in [-0.25, -0.2) is 0 Å². The van der Waals surface area contributed by atoms with Crippen molar-refractivity contribution in [2.75, 3.05) is 20.3 Å². The molecule has 3 rings (SSSR count).